The molecule has 16 heteroatoms. The van der Waals surface area contributed by atoms with Crippen molar-refractivity contribution in [3.05, 3.63) is 54.7 Å². The zero-order chi connectivity index (χ0) is 22.6. The summed E-state index contributed by atoms with van der Waals surface area (Å²) in [5.74, 6) is 0. The van der Waals surface area contributed by atoms with Crippen molar-refractivity contribution >= 4 is 18.6 Å². The van der Waals surface area contributed by atoms with Crippen molar-refractivity contribution in [3.63, 3.8) is 0 Å². The predicted molar refractivity (Wildman–Crippen MR) is 101 cm³/mol. The number of imidazole rings is 3. The van der Waals surface area contributed by atoms with Crippen LogP contribution in [0.5, 0.6) is 0 Å². The van der Waals surface area contributed by atoms with E-state index in [1.54, 1.807) is 56.2 Å². The molecular weight excluding hydrogens is 524 g/mol. The summed E-state index contributed by atoms with van der Waals surface area (Å²) in [6.45, 7) is 3.85. The quantitative estimate of drug-likeness (QED) is 0.175. The Kier molecular flexibility index (Phi) is 14.3. The van der Waals surface area contributed by atoms with E-state index in [2.05, 4.69) is 51.8 Å². The van der Waals surface area contributed by atoms with Crippen LogP contribution in [-0.2, 0) is 16.5 Å². The molecule has 0 amide bonds. The molecule has 0 aliphatic heterocycles. The van der Waals surface area contributed by atoms with Crippen LogP contribution in [0.2, 0.25) is 0 Å². The number of hydrogen-bond acceptors (Lipinski definition) is 10. The minimum atomic E-state index is -4.94. The Labute approximate surface area is 207 Å². The fourth-order valence-electron chi connectivity index (χ4n) is 2.26. The molecule has 3 aromatic rings. The van der Waals surface area contributed by atoms with E-state index in [-0.39, 0.29) is 34.3 Å². The molecule has 33 heavy (non-hydrogen) atoms. The summed E-state index contributed by atoms with van der Waals surface area (Å²) in [4.78, 5) is 34.7. The maximum Gasteiger partial charge on any atom is 2.00 e. The number of rotatable bonds is 9. The molecule has 13 nitrogen and oxygen atoms in total. The maximum absolute atomic E-state index is 8.49. The second kappa shape index (κ2) is 15.4. The van der Waals surface area contributed by atoms with Gasteiger partial charge in [0.1, 0.15) is 0 Å². The molecule has 3 N–H and O–H groups in total. The van der Waals surface area contributed by atoms with Gasteiger partial charge in [0.25, 0.3) is 0 Å². The SMILES string of the molecule is CC(CN=Cc1c[nH]cn1)(CN=Cc1c[nH]cn1)CN=Cc1c[nH]cn1.[Cl-].[Ni+2].[O-][Cl+3]([O-])([O-])[O-]. The van der Waals surface area contributed by atoms with Crippen LogP contribution < -0.4 is 31.0 Å². The van der Waals surface area contributed by atoms with E-state index in [1.165, 1.54) is 0 Å². The first-order valence-corrected chi connectivity index (χ1v) is 10.0. The topological polar surface area (TPSA) is 215 Å². The second-order valence-electron chi connectivity index (χ2n) is 6.58. The first-order valence-electron chi connectivity index (χ1n) is 8.81. The largest absolute Gasteiger partial charge is 2.00 e. The monoisotopic (exact) mass is 543 g/mol. The van der Waals surface area contributed by atoms with Crippen molar-refractivity contribution in [2.45, 2.75) is 6.92 Å². The van der Waals surface area contributed by atoms with Gasteiger partial charge in [0.05, 0.1) is 36.1 Å². The molecule has 0 fully saturated rings. The van der Waals surface area contributed by atoms with Gasteiger partial charge in [-0.3, -0.25) is 15.0 Å². The Morgan fingerprint density at radius 1 is 0.758 bits per heavy atom. The van der Waals surface area contributed by atoms with Gasteiger partial charge < -0.3 is 27.4 Å². The Bertz CT molecular complexity index is 825. The van der Waals surface area contributed by atoms with Gasteiger partial charge in [-0.2, -0.15) is 0 Å². The average molecular weight is 545 g/mol. The molecule has 182 valence electrons. The number of hydrogen-bond donors (Lipinski definition) is 3. The normalized spacial score (nSPS) is 13.4. The minimum absolute atomic E-state index is 0. The zero-order valence-corrected chi connectivity index (χ0v) is 19.7. The van der Waals surface area contributed by atoms with Gasteiger partial charge in [0.2, 0.25) is 0 Å². The van der Waals surface area contributed by atoms with Gasteiger partial charge in [-0.15, -0.1) is 10.2 Å². The average Bonchev–Trinajstić information content (AvgIpc) is 3.44. The van der Waals surface area contributed by atoms with Crippen molar-refractivity contribution in [1.29, 1.82) is 0 Å². The number of nitrogens with zero attached hydrogens (tertiary/aromatic N) is 6. The van der Waals surface area contributed by atoms with Crippen LogP contribution >= 0.6 is 0 Å². The molecule has 0 radical (unpaired) electrons. The summed E-state index contributed by atoms with van der Waals surface area (Å²) in [6.07, 6.45) is 15.5. The number of nitrogens with one attached hydrogen (secondary N) is 3. The standard InChI is InChI=1S/C17H21N9.ClHO4.ClH.Ni/c1-17(8-18-2-14-5-21-11-24-14,9-19-3-15-6-22-12-25-15)10-20-4-16-7-23-13-26-16;2-1(3,4)5;;/h2-7,11-13H,8-10H2,1H3,(H,21,24)(H,22,25)(H,23,26);(H,2,3,4,5);1H;/q;;;+2/p-2. The summed E-state index contributed by atoms with van der Waals surface area (Å²) in [6, 6.07) is 0. The van der Waals surface area contributed by atoms with Gasteiger partial charge in [-0.05, 0) is 0 Å². The van der Waals surface area contributed by atoms with Crippen LogP contribution in [0.15, 0.2) is 52.5 Å². The van der Waals surface area contributed by atoms with Crippen LogP contribution in [0.25, 0.3) is 0 Å². The number of H-pyrrole nitrogens is 3. The fraction of sp³-hybridized carbons (Fsp3) is 0.294. The van der Waals surface area contributed by atoms with Crippen molar-refractivity contribution in [3.8, 4) is 0 Å². The van der Waals surface area contributed by atoms with Gasteiger partial charge in [0, 0.05) is 62.3 Å². The summed E-state index contributed by atoms with van der Waals surface area (Å²) < 4.78 is 34.0. The third-order valence-electron chi connectivity index (χ3n) is 3.65. The summed E-state index contributed by atoms with van der Waals surface area (Å²) in [7, 11) is -4.94. The number of halogens is 2. The summed E-state index contributed by atoms with van der Waals surface area (Å²) >= 11 is 0. The molecule has 0 aliphatic carbocycles. The zero-order valence-electron chi connectivity index (χ0n) is 17.2. The van der Waals surface area contributed by atoms with E-state index in [9.17, 15) is 0 Å². The second-order valence-corrected chi connectivity index (χ2v) is 7.34. The third kappa shape index (κ3) is 14.3. The first-order chi connectivity index (χ1) is 14.7. The molecule has 0 aromatic carbocycles. The van der Waals surface area contributed by atoms with Gasteiger partial charge in [-0.1, -0.05) is 6.92 Å². The third-order valence-corrected chi connectivity index (χ3v) is 3.65. The molecule has 0 aliphatic rings. The van der Waals surface area contributed by atoms with E-state index in [0.717, 1.165) is 17.1 Å². The molecule has 3 heterocycles. The van der Waals surface area contributed by atoms with E-state index in [4.69, 9.17) is 18.6 Å². The van der Waals surface area contributed by atoms with Crippen LogP contribution in [0.1, 0.15) is 24.0 Å². The van der Waals surface area contributed by atoms with E-state index in [0.29, 0.717) is 19.6 Å². The van der Waals surface area contributed by atoms with E-state index < -0.39 is 10.2 Å². The van der Waals surface area contributed by atoms with Gasteiger partial charge in [0.15, 0.2) is 0 Å². The van der Waals surface area contributed by atoms with Crippen molar-refractivity contribution < 1.29 is 57.8 Å². The van der Waals surface area contributed by atoms with Crippen LogP contribution in [0.3, 0.4) is 0 Å². The molecule has 0 bridgehead atoms. The Morgan fingerprint density at radius 2 is 1.03 bits per heavy atom. The van der Waals surface area contributed by atoms with Crippen molar-refractivity contribution in [2.24, 2.45) is 20.4 Å². The Morgan fingerprint density at radius 3 is 1.24 bits per heavy atom. The number of aromatic amines is 3. The number of aliphatic imine (C=N–C) groups is 3. The van der Waals surface area contributed by atoms with Crippen LogP contribution in [0.4, 0.5) is 0 Å². The molecule has 3 rings (SSSR count). The minimum Gasteiger partial charge on any atom is -1.00 e. The van der Waals surface area contributed by atoms with Crippen LogP contribution in [0, 0.1) is 15.7 Å². The molecule has 0 saturated heterocycles. The van der Waals surface area contributed by atoms with Gasteiger partial charge >= 0.3 is 16.5 Å². The van der Waals surface area contributed by atoms with Gasteiger partial charge in [-0.25, -0.2) is 33.6 Å². The summed E-state index contributed by atoms with van der Waals surface area (Å²) in [5, 5.41) is 0. The summed E-state index contributed by atoms with van der Waals surface area (Å²) in [5.41, 5.74) is 2.17. The fourth-order valence-corrected chi connectivity index (χ4v) is 2.26. The molecule has 0 atom stereocenters. The van der Waals surface area contributed by atoms with Crippen molar-refractivity contribution in [2.75, 3.05) is 19.6 Å². The van der Waals surface area contributed by atoms with E-state index >= 15 is 0 Å². The smallest absolute Gasteiger partial charge is 1.00 e. The predicted octanol–water partition coefficient (Wildman–Crippen LogP) is -6.24. The molecule has 0 unspecified atom stereocenters. The van der Waals surface area contributed by atoms with Crippen molar-refractivity contribution in [1.82, 2.24) is 29.9 Å². The molecule has 0 saturated carbocycles. The Balaban J connectivity index is 0.00000133. The molecule has 0 spiro atoms. The maximum atomic E-state index is 8.49. The van der Waals surface area contributed by atoms with Crippen LogP contribution in [-0.4, -0.2) is 68.2 Å². The molecule has 3 aromatic heterocycles. The Hall–Kier alpha value is -2.45. The first kappa shape index (κ1) is 30.6. The number of aromatic nitrogens is 6. The molecular formula is C17H21Cl2N9NiO4. The van der Waals surface area contributed by atoms with E-state index in [1.807, 2.05) is 0 Å².